The minimum absolute atomic E-state index is 0.0192. The number of nitrogens with zero attached hydrogens (tertiary/aromatic N) is 1. The fraction of sp³-hybridized carbons (Fsp3) is 0.304. The van der Waals surface area contributed by atoms with Gasteiger partial charge in [-0.05, 0) is 43.0 Å². The van der Waals surface area contributed by atoms with Crippen LogP contribution in [0.2, 0.25) is 0 Å². The lowest BCUT2D eigenvalue weighted by atomic mass is 10.2. The summed E-state index contributed by atoms with van der Waals surface area (Å²) in [6, 6.07) is 14.8. The van der Waals surface area contributed by atoms with Crippen LogP contribution < -0.4 is 10.0 Å². The van der Waals surface area contributed by atoms with E-state index in [0.717, 1.165) is 16.8 Å². The van der Waals surface area contributed by atoms with Crippen LogP contribution in [0.3, 0.4) is 0 Å². The number of aromatic amines is 1. The van der Waals surface area contributed by atoms with Gasteiger partial charge in [0.1, 0.15) is 5.82 Å². The second-order valence-corrected chi connectivity index (χ2v) is 9.23. The Kier molecular flexibility index (Phi) is 7.25. The predicted octanol–water partition coefficient (Wildman–Crippen LogP) is 3.63. The van der Waals surface area contributed by atoms with Gasteiger partial charge in [0.25, 0.3) is 0 Å². The molecule has 0 radical (unpaired) electrons. The highest BCUT2D eigenvalue weighted by molar-refractivity contribution is 7.89. The van der Waals surface area contributed by atoms with Crippen molar-refractivity contribution < 1.29 is 13.2 Å². The predicted molar refractivity (Wildman–Crippen MR) is 121 cm³/mol. The number of carbonyl (C=O) groups is 1. The van der Waals surface area contributed by atoms with Gasteiger partial charge in [-0.1, -0.05) is 49.4 Å². The number of H-pyrrole nitrogens is 1. The molecule has 0 spiro atoms. The molecule has 1 aromatic heterocycles. The van der Waals surface area contributed by atoms with Crippen LogP contribution in [-0.2, 0) is 14.8 Å². The van der Waals surface area contributed by atoms with Gasteiger partial charge in [0.05, 0.1) is 22.8 Å². The number of imidazole rings is 1. The Morgan fingerprint density at radius 2 is 1.87 bits per heavy atom. The molecule has 1 unspecified atom stereocenters. The lowest BCUT2D eigenvalue weighted by molar-refractivity contribution is -0.121. The molecule has 0 aliphatic carbocycles. The second kappa shape index (κ2) is 9.89. The molecule has 0 fully saturated rings. The highest BCUT2D eigenvalue weighted by Gasteiger charge is 2.19. The Morgan fingerprint density at radius 1 is 1.13 bits per heavy atom. The molecule has 164 valence electrons. The first kappa shape index (κ1) is 22.7. The largest absolute Gasteiger partial charge is 0.346 e. The number of sulfonamides is 1. The fourth-order valence-corrected chi connectivity index (χ4v) is 4.64. The maximum atomic E-state index is 12.6. The zero-order valence-electron chi connectivity index (χ0n) is 18.0. The standard InChI is InChI=1S/C23H28N4O3S/c1-4-19(23-24-15-20(27-23)18-8-6-5-7-9-18)26-22(28)12-13-25-31(29,30)21-14-16(2)10-11-17(21)3/h5-11,14-15,19,25H,4,12-13H2,1-3H3,(H,24,27)(H,26,28). The maximum absolute atomic E-state index is 12.6. The van der Waals surface area contributed by atoms with Gasteiger partial charge in [-0.25, -0.2) is 18.1 Å². The Morgan fingerprint density at radius 3 is 2.58 bits per heavy atom. The van der Waals surface area contributed by atoms with Gasteiger partial charge in [-0.3, -0.25) is 4.79 Å². The molecule has 3 N–H and O–H groups in total. The van der Waals surface area contributed by atoms with Crippen LogP contribution in [0.25, 0.3) is 11.3 Å². The molecule has 8 heteroatoms. The Hall–Kier alpha value is -2.97. The third-order valence-electron chi connectivity index (χ3n) is 5.03. The smallest absolute Gasteiger partial charge is 0.240 e. The van der Waals surface area contributed by atoms with Crippen LogP contribution in [0.15, 0.2) is 59.6 Å². The molecule has 3 rings (SSSR count). The first-order valence-electron chi connectivity index (χ1n) is 10.3. The number of hydrogen-bond acceptors (Lipinski definition) is 4. The number of amides is 1. The number of nitrogens with one attached hydrogen (secondary N) is 3. The highest BCUT2D eigenvalue weighted by atomic mass is 32.2. The minimum atomic E-state index is -3.67. The fourth-order valence-electron chi connectivity index (χ4n) is 3.28. The average Bonchev–Trinajstić information content (AvgIpc) is 3.24. The van der Waals surface area contributed by atoms with E-state index in [-0.39, 0.29) is 29.8 Å². The molecule has 0 aliphatic heterocycles. The molecule has 7 nitrogen and oxygen atoms in total. The van der Waals surface area contributed by atoms with E-state index in [1.807, 2.05) is 50.2 Å². The second-order valence-electron chi connectivity index (χ2n) is 7.49. The van der Waals surface area contributed by atoms with Crippen LogP contribution in [0, 0.1) is 13.8 Å². The molecule has 2 aromatic carbocycles. The first-order valence-corrected chi connectivity index (χ1v) is 11.7. The van der Waals surface area contributed by atoms with E-state index in [1.54, 1.807) is 25.3 Å². The number of aromatic nitrogens is 2. The maximum Gasteiger partial charge on any atom is 0.240 e. The molecule has 0 aliphatic rings. The summed E-state index contributed by atoms with van der Waals surface area (Å²) < 4.78 is 27.7. The Bertz CT molecular complexity index is 1140. The van der Waals surface area contributed by atoms with Gasteiger partial charge >= 0.3 is 0 Å². The zero-order chi connectivity index (χ0) is 22.4. The van der Waals surface area contributed by atoms with Crippen LogP contribution in [0.1, 0.15) is 42.8 Å². The molecule has 0 saturated carbocycles. The third kappa shape index (κ3) is 5.80. The number of benzene rings is 2. The van der Waals surface area contributed by atoms with Crippen molar-refractivity contribution in [2.24, 2.45) is 0 Å². The number of rotatable bonds is 9. The average molecular weight is 441 g/mol. The molecule has 31 heavy (non-hydrogen) atoms. The van der Waals surface area contributed by atoms with E-state index in [2.05, 4.69) is 20.0 Å². The van der Waals surface area contributed by atoms with Crippen molar-refractivity contribution in [2.45, 2.75) is 44.6 Å². The molecule has 0 bridgehead atoms. The Balaban J connectivity index is 1.57. The molecule has 1 amide bonds. The van der Waals surface area contributed by atoms with Gasteiger partial charge in [0.15, 0.2) is 0 Å². The van der Waals surface area contributed by atoms with Crippen LogP contribution in [-0.4, -0.2) is 30.8 Å². The van der Waals surface area contributed by atoms with Gasteiger partial charge < -0.3 is 10.3 Å². The Labute approximate surface area is 183 Å². The van der Waals surface area contributed by atoms with Crippen LogP contribution >= 0.6 is 0 Å². The van der Waals surface area contributed by atoms with Gasteiger partial charge in [-0.2, -0.15) is 0 Å². The van der Waals surface area contributed by atoms with Crippen molar-refractivity contribution in [2.75, 3.05) is 6.54 Å². The quantitative estimate of drug-likeness (QED) is 0.473. The summed E-state index contributed by atoms with van der Waals surface area (Å²) in [5.74, 6) is 0.429. The molecule has 1 heterocycles. The minimum Gasteiger partial charge on any atom is -0.346 e. The highest BCUT2D eigenvalue weighted by Crippen LogP contribution is 2.20. The summed E-state index contributed by atoms with van der Waals surface area (Å²) in [5.41, 5.74) is 3.43. The van der Waals surface area contributed by atoms with Crippen molar-refractivity contribution in [1.29, 1.82) is 0 Å². The normalized spacial score (nSPS) is 12.5. The third-order valence-corrected chi connectivity index (χ3v) is 6.63. The summed E-state index contributed by atoms with van der Waals surface area (Å²) >= 11 is 0. The number of aryl methyl sites for hydroxylation is 2. The van der Waals surface area contributed by atoms with Gasteiger partial charge in [0.2, 0.25) is 15.9 Å². The SMILES string of the molecule is CCC(NC(=O)CCNS(=O)(=O)c1cc(C)ccc1C)c1ncc(-c2ccccc2)[nH]1. The molecular formula is C23H28N4O3S. The first-order chi connectivity index (χ1) is 14.8. The molecular weight excluding hydrogens is 412 g/mol. The van der Waals surface area contributed by atoms with Crippen molar-refractivity contribution >= 4 is 15.9 Å². The van der Waals surface area contributed by atoms with Crippen LogP contribution in [0.5, 0.6) is 0 Å². The van der Waals surface area contributed by atoms with E-state index >= 15 is 0 Å². The van der Waals surface area contributed by atoms with Gasteiger partial charge in [-0.15, -0.1) is 0 Å². The summed E-state index contributed by atoms with van der Waals surface area (Å²) in [6.07, 6.45) is 2.44. The van der Waals surface area contributed by atoms with E-state index in [1.165, 1.54) is 0 Å². The topological polar surface area (TPSA) is 104 Å². The lowest BCUT2D eigenvalue weighted by Gasteiger charge is -2.15. The zero-order valence-corrected chi connectivity index (χ0v) is 18.8. The van der Waals surface area contributed by atoms with Crippen molar-refractivity contribution in [3.8, 4) is 11.3 Å². The van der Waals surface area contributed by atoms with Crippen molar-refractivity contribution in [3.05, 3.63) is 71.7 Å². The number of carbonyl (C=O) groups excluding carboxylic acids is 1. The molecule has 0 saturated heterocycles. The summed E-state index contributed by atoms with van der Waals surface area (Å²) in [7, 11) is -3.67. The summed E-state index contributed by atoms with van der Waals surface area (Å²) in [6.45, 7) is 5.57. The van der Waals surface area contributed by atoms with Crippen molar-refractivity contribution in [3.63, 3.8) is 0 Å². The lowest BCUT2D eigenvalue weighted by Crippen LogP contribution is -2.33. The van der Waals surface area contributed by atoms with E-state index in [9.17, 15) is 13.2 Å². The van der Waals surface area contributed by atoms with E-state index in [0.29, 0.717) is 17.8 Å². The molecule has 1 atom stereocenters. The monoisotopic (exact) mass is 440 g/mol. The number of hydrogen-bond donors (Lipinski definition) is 3. The molecule has 3 aromatic rings. The van der Waals surface area contributed by atoms with Crippen LogP contribution in [0.4, 0.5) is 0 Å². The van der Waals surface area contributed by atoms with E-state index in [4.69, 9.17) is 0 Å². The summed E-state index contributed by atoms with van der Waals surface area (Å²) in [5, 5.41) is 2.93. The summed E-state index contributed by atoms with van der Waals surface area (Å²) in [4.78, 5) is 20.3. The van der Waals surface area contributed by atoms with Gasteiger partial charge in [0, 0.05) is 13.0 Å². The van der Waals surface area contributed by atoms with Crippen molar-refractivity contribution in [1.82, 2.24) is 20.0 Å². The van der Waals surface area contributed by atoms with E-state index < -0.39 is 10.0 Å².